The number of aliphatic carboxylic acids is 2. The van der Waals surface area contributed by atoms with E-state index in [2.05, 4.69) is 27.8 Å². The van der Waals surface area contributed by atoms with Crippen LogP contribution in [0.25, 0.3) is 0 Å². The minimum absolute atomic E-state index is 0.0845. The lowest BCUT2D eigenvalue weighted by atomic mass is 9.81. The molecule has 284 valence electrons. The van der Waals surface area contributed by atoms with Gasteiger partial charge in [0, 0.05) is 53.5 Å². The molecule has 1 saturated heterocycles. The van der Waals surface area contributed by atoms with Crippen LogP contribution in [0.5, 0.6) is 0 Å². The van der Waals surface area contributed by atoms with Gasteiger partial charge in [-0.3, -0.25) is 9.83 Å². The van der Waals surface area contributed by atoms with Crippen molar-refractivity contribution in [1.82, 2.24) is 4.48 Å². The first-order chi connectivity index (χ1) is 25.1. The van der Waals surface area contributed by atoms with E-state index in [1.54, 1.807) is 6.07 Å². The quantitative estimate of drug-likeness (QED) is 0.0303. The van der Waals surface area contributed by atoms with E-state index < -0.39 is 38.9 Å². The lowest BCUT2D eigenvalue weighted by molar-refractivity contribution is -0.777. The number of carboxylic acids is 2. The van der Waals surface area contributed by atoms with Crippen LogP contribution >= 0.6 is 12.0 Å². The fourth-order valence-electron chi connectivity index (χ4n) is 8.30. The molecule has 12 nitrogen and oxygen atoms in total. The summed E-state index contributed by atoms with van der Waals surface area (Å²) >= 11 is 0.835. The average Bonchev–Trinajstić information content (AvgIpc) is 3.42. The summed E-state index contributed by atoms with van der Waals surface area (Å²) in [4.78, 5) is 24.1. The van der Waals surface area contributed by atoms with Crippen LogP contribution in [-0.4, -0.2) is 64.5 Å². The van der Waals surface area contributed by atoms with E-state index in [1.165, 1.54) is 12.1 Å². The molecule has 5 rings (SSSR count). The monoisotopic (exact) mass is 766 g/mol. The van der Waals surface area contributed by atoms with Gasteiger partial charge in [0.05, 0.1) is 34.3 Å². The van der Waals surface area contributed by atoms with Crippen molar-refractivity contribution in [3.63, 3.8) is 0 Å². The van der Waals surface area contributed by atoms with Crippen LogP contribution < -0.4 is 9.74 Å². The highest BCUT2D eigenvalue weighted by Crippen LogP contribution is 2.56. The topological polar surface area (TPSA) is 176 Å². The van der Waals surface area contributed by atoms with Gasteiger partial charge in [-0.15, -0.1) is 0 Å². The largest absolute Gasteiger partial charge is 0.744 e. The Labute approximate surface area is 314 Å². The van der Waals surface area contributed by atoms with Gasteiger partial charge in [0.15, 0.2) is 11.8 Å². The van der Waals surface area contributed by atoms with Crippen LogP contribution in [0.4, 0.5) is 11.4 Å². The average molecular weight is 767 g/mol. The van der Waals surface area contributed by atoms with Crippen molar-refractivity contribution in [3.8, 4) is 0 Å². The standard InChI is InChI=1S/C39H46N2O10S2/c1-38(2)29-25-27(52-51-50-46)19-21-31(29)40(23-13-8-11-18-36(42)43)34(38)16-9-6-5-7-10-17-35-39(3,4)30-26-28(53(47,48)49)20-22-32(30)41(35)24-14-12-15-33(41)37(44)45/h5-7,9-10,16-17,19-22,25-26,33H,8,11-15,18,23-24H2,1-4H3,(H2-2,42,43,44,45,46,47,48,49)/b6-5+,10-7+,16-9+,35-17+. The molecule has 2 aromatic carbocycles. The highest BCUT2D eigenvalue weighted by molar-refractivity contribution is 7.94. The number of hydrogen-bond acceptors (Lipinski definition) is 9. The van der Waals surface area contributed by atoms with E-state index in [1.807, 2.05) is 74.6 Å². The van der Waals surface area contributed by atoms with Gasteiger partial charge in [0.2, 0.25) is 5.69 Å². The van der Waals surface area contributed by atoms with Crippen LogP contribution in [0.3, 0.4) is 0 Å². The Bertz CT molecular complexity index is 2010. The number of rotatable bonds is 15. The second-order valence-electron chi connectivity index (χ2n) is 14.6. The Kier molecular flexibility index (Phi) is 12.3. The Balaban J connectivity index is 1.43. The minimum atomic E-state index is -4.71. The molecule has 0 bridgehead atoms. The molecule has 14 heteroatoms. The fourth-order valence-corrected chi connectivity index (χ4v) is 9.19. The summed E-state index contributed by atoms with van der Waals surface area (Å²) in [6, 6.07) is 9.37. The summed E-state index contributed by atoms with van der Waals surface area (Å²) in [5.41, 5.74) is 4.14. The first-order valence-corrected chi connectivity index (χ1v) is 19.8. The number of carboxylic acid groups (broad SMARTS) is 2. The minimum Gasteiger partial charge on any atom is -0.744 e. The Hall–Kier alpha value is -3.89. The number of carbonyl (C=O) groups is 2. The lowest BCUT2D eigenvalue weighted by Crippen LogP contribution is -2.61. The molecule has 2 atom stereocenters. The molecule has 0 aliphatic carbocycles. The second-order valence-corrected chi connectivity index (χ2v) is 16.8. The van der Waals surface area contributed by atoms with Crippen molar-refractivity contribution in [2.75, 3.05) is 13.1 Å². The lowest BCUT2D eigenvalue weighted by Gasteiger charge is -2.44. The molecule has 0 radical (unpaired) electrons. The predicted molar refractivity (Wildman–Crippen MR) is 198 cm³/mol. The van der Waals surface area contributed by atoms with E-state index in [0.29, 0.717) is 42.1 Å². The maximum absolute atomic E-state index is 12.7. The van der Waals surface area contributed by atoms with Crippen molar-refractivity contribution < 1.29 is 52.0 Å². The summed E-state index contributed by atoms with van der Waals surface area (Å²) in [7, 11) is -4.71. The third-order valence-corrected chi connectivity index (χ3v) is 12.1. The second kappa shape index (κ2) is 16.2. The molecule has 2 N–H and O–H groups in total. The molecule has 3 heterocycles. The molecule has 0 amide bonds. The number of hydrogen-bond donors (Lipinski definition) is 2. The van der Waals surface area contributed by atoms with E-state index >= 15 is 0 Å². The Morgan fingerprint density at radius 2 is 1.70 bits per heavy atom. The number of quaternary nitrogens is 1. The van der Waals surface area contributed by atoms with E-state index in [9.17, 15) is 32.9 Å². The van der Waals surface area contributed by atoms with Crippen molar-refractivity contribution in [2.24, 2.45) is 0 Å². The highest BCUT2D eigenvalue weighted by atomic mass is 32.2. The molecule has 2 aromatic rings. The van der Waals surface area contributed by atoms with Crippen molar-refractivity contribution >= 4 is 51.2 Å². The summed E-state index contributed by atoms with van der Waals surface area (Å²) in [5.74, 6) is -1.72. The van der Waals surface area contributed by atoms with E-state index in [0.717, 1.165) is 60.4 Å². The van der Waals surface area contributed by atoms with Crippen LogP contribution in [0.15, 0.2) is 94.4 Å². The maximum atomic E-state index is 12.7. The smallest absolute Gasteiger partial charge is 0.363 e. The molecule has 3 aliphatic heterocycles. The van der Waals surface area contributed by atoms with Crippen molar-refractivity contribution in [1.29, 1.82) is 0 Å². The summed E-state index contributed by atoms with van der Waals surface area (Å²) in [6.07, 6.45) is 17.8. The number of fused-ring (bicyclic) bond motifs is 3. The molecule has 53 heavy (non-hydrogen) atoms. The highest BCUT2D eigenvalue weighted by Gasteiger charge is 2.60. The Morgan fingerprint density at radius 3 is 2.40 bits per heavy atom. The van der Waals surface area contributed by atoms with E-state index in [-0.39, 0.29) is 15.8 Å². The number of allylic oxidation sites excluding steroid dienone is 8. The predicted octanol–water partition coefficient (Wildman–Crippen LogP) is 6.33. The van der Waals surface area contributed by atoms with Crippen molar-refractivity contribution in [2.45, 2.75) is 99.3 Å². The third-order valence-electron chi connectivity index (χ3n) is 10.7. The number of nitrogens with zero attached hydrogens (tertiary/aromatic N) is 2. The zero-order valence-corrected chi connectivity index (χ0v) is 32.0. The summed E-state index contributed by atoms with van der Waals surface area (Å²) in [6.45, 7) is 9.35. The van der Waals surface area contributed by atoms with E-state index in [4.69, 9.17) is 5.11 Å². The fraction of sp³-hybridized carbons (Fsp3) is 0.410. The zero-order chi connectivity index (χ0) is 38.6. The first kappa shape index (κ1) is 40.3. The van der Waals surface area contributed by atoms with Gasteiger partial charge in [0.1, 0.15) is 28.0 Å². The Morgan fingerprint density at radius 1 is 0.962 bits per heavy atom. The molecule has 2 unspecified atom stereocenters. The maximum Gasteiger partial charge on any atom is 0.363 e. The normalized spacial score (nSPS) is 22.8. The molecule has 3 aliphatic rings. The SMILES string of the molecule is CC1(C)C(/C=C/C=C/C=C/C=C2\C(C)(C)c3cc(S(=O)(=O)[O-])ccc3[N+]23CCCCC3C(=O)O)=[N+](CCCCCC(=O)O)c2ccc(SOO[O-])cc21. The molecule has 1 fully saturated rings. The van der Waals surface area contributed by atoms with Gasteiger partial charge in [-0.2, -0.15) is 8.91 Å². The summed E-state index contributed by atoms with van der Waals surface area (Å²) in [5, 5.41) is 33.4. The van der Waals surface area contributed by atoms with Gasteiger partial charge in [-0.1, -0.05) is 30.4 Å². The van der Waals surface area contributed by atoms with Crippen LogP contribution in [0.1, 0.15) is 83.8 Å². The van der Waals surface area contributed by atoms with Gasteiger partial charge in [-0.25, -0.2) is 17.7 Å². The number of benzene rings is 2. The van der Waals surface area contributed by atoms with Crippen LogP contribution in [0.2, 0.25) is 0 Å². The molecular formula is C39H46N2O10S2. The molecule has 1 spiro atoms. The van der Waals surface area contributed by atoms with Gasteiger partial charge < -0.3 is 20.0 Å². The zero-order valence-electron chi connectivity index (χ0n) is 30.3. The molecule has 0 aromatic heterocycles. The molecule has 0 saturated carbocycles. The summed E-state index contributed by atoms with van der Waals surface area (Å²) < 4.78 is 42.8. The van der Waals surface area contributed by atoms with Crippen molar-refractivity contribution in [3.05, 3.63) is 95.8 Å². The number of piperidine rings is 1. The number of unbranched alkanes of at least 4 members (excludes halogenated alkanes) is 2. The van der Waals surface area contributed by atoms with Crippen LogP contribution in [-0.2, 0) is 39.9 Å². The van der Waals surface area contributed by atoms with Gasteiger partial charge >= 0.3 is 11.9 Å². The van der Waals surface area contributed by atoms with Gasteiger partial charge in [-0.05, 0) is 83.7 Å². The molecular weight excluding hydrogens is 721 g/mol. The third kappa shape index (κ3) is 8.14. The van der Waals surface area contributed by atoms with Crippen LogP contribution in [0, 0.1) is 0 Å². The first-order valence-electron chi connectivity index (χ1n) is 17.7. The van der Waals surface area contributed by atoms with Gasteiger partial charge in [0.25, 0.3) is 0 Å².